The van der Waals surface area contributed by atoms with Crippen molar-refractivity contribution in [2.24, 2.45) is 4.99 Å². The highest BCUT2D eigenvalue weighted by Crippen LogP contribution is 2.23. The van der Waals surface area contributed by atoms with Crippen LogP contribution in [0.2, 0.25) is 0 Å². The number of guanidine groups is 1. The van der Waals surface area contributed by atoms with E-state index in [1.165, 1.54) is 36.0 Å². The molecular formula is C19H31N3O2. The lowest BCUT2D eigenvalue weighted by Crippen LogP contribution is -2.38. The van der Waals surface area contributed by atoms with Crippen molar-refractivity contribution < 1.29 is 9.47 Å². The number of fused-ring (bicyclic) bond motifs is 1. The van der Waals surface area contributed by atoms with Crippen LogP contribution in [-0.2, 0) is 28.9 Å². The van der Waals surface area contributed by atoms with Gasteiger partial charge in [-0.15, -0.1) is 0 Å². The highest BCUT2D eigenvalue weighted by Gasteiger charge is 2.10. The van der Waals surface area contributed by atoms with Crippen molar-refractivity contribution >= 4 is 5.96 Å². The summed E-state index contributed by atoms with van der Waals surface area (Å²) in [6, 6.07) is 6.80. The van der Waals surface area contributed by atoms with Crippen LogP contribution in [0.5, 0.6) is 0 Å². The second-order valence-corrected chi connectivity index (χ2v) is 6.04. The molecule has 0 heterocycles. The Kier molecular flexibility index (Phi) is 8.63. The first kappa shape index (κ1) is 18.7. The number of ether oxygens (including phenoxy) is 2. The van der Waals surface area contributed by atoms with Crippen molar-refractivity contribution in [3.63, 3.8) is 0 Å². The Balaban J connectivity index is 1.74. The first-order valence-electron chi connectivity index (χ1n) is 9.03. The van der Waals surface area contributed by atoms with Crippen LogP contribution in [0.25, 0.3) is 0 Å². The number of nitrogens with one attached hydrogen (secondary N) is 2. The maximum Gasteiger partial charge on any atom is 0.191 e. The van der Waals surface area contributed by atoms with Gasteiger partial charge in [0.25, 0.3) is 0 Å². The molecule has 0 saturated carbocycles. The van der Waals surface area contributed by atoms with Crippen molar-refractivity contribution in [2.45, 2.75) is 39.2 Å². The Morgan fingerprint density at radius 2 is 2.00 bits per heavy atom. The van der Waals surface area contributed by atoms with E-state index < -0.39 is 0 Å². The zero-order chi connectivity index (χ0) is 17.0. The van der Waals surface area contributed by atoms with Crippen molar-refractivity contribution in [2.75, 3.05) is 40.0 Å². The number of aliphatic imine (C=N–C) groups is 1. The number of hydrogen-bond donors (Lipinski definition) is 2. The molecule has 0 aliphatic heterocycles. The van der Waals surface area contributed by atoms with E-state index in [2.05, 4.69) is 35.8 Å². The topological polar surface area (TPSA) is 54.9 Å². The first-order chi connectivity index (χ1) is 11.8. The van der Waals surface area contributed by atoms with Crippen LogP contribution in [0, 0.1) is 0 Å². The van der Waals surface area contributed by atoms with Crippen LogP contribution in [0.1, 0.15) is 36.5 Å². The lowest BCUT2D eigenvalue weighted by atomic mass is 10.1. The summed E-state index contributed by atoms with van der Waals surface area (Å²) in [6.45, 7) is 6.55. The zero-order valence-corrected chi connectivity index (χ0v) is 15.1. The van der Waals surface area contributed by atoms with Crippen molar-refractivity contribution in [1.82, 2.24) is 10.6 Å². The maximum atomic E-state index is 5.46. The van der Waals surface area contributed by atoms with Crippen LogP contribution < -0.4 is 10.6 Å². The molecule has 5 nitrogen and oxygen atoms in total. The largest absolute Gasteiger partial charge is 0.382 e. The third-order valence-corrected chi connectivity index (χ3v) is 4.12. The number of hydrogen-bond acceptors (Lipinski definition) is 3. The highest BCUT2D eigenvalue weighted by atomic mass is 16.5. The summed E-state index contributed by atoms with van der Waals surface area (Å²) < 4.78 is 10.4. The summed E-state index contributed by atoms with van der Waals surface area (Å²) in [4.78, 5) is 4.69. The number of rotatable bonds is 10. The predicted molar refractivity (Wildman–Crippen MR) is 98.6 cm³/mol. The van der Waals surface area contributed by atoms with E-state index in [1.54, 1.807) is 7.11 Å². The molecule has 1 aromatic carbocycles. The van der Waals surface area contributed by atoms with Gasteiger partial charge in [-0.25, -0.2) is 4.99 Å². The zero-order valence-electron chi connectivity index (χ0n) is 15.1. The third-order valence-electron chi connectivity index (χ3n) is 4.12. The van der Waals surface area contributed by atoms with Crippen molar-refractivity contribution in [3.8, 4) is 0 Å². The van der Waals surface area contributed by atoms with Gasteiger partial charge in [0.1, 0.15) is 0 Å². The molecule has 24 heavy (non-hydrogen) atoms. The van der Waals surface area contributed by atoms with Crippen molar-refractivity contribution in [3.05, 3.63) is 34.9 Å². The molecule has 0 bridgehead atoms. The molecule has 2 N–H and O–H groups in total. The molecule has 0 radical (unpaired) electrons. The van der Waals surface area contributed by atoms with Gasteiger partial charge >= 0.3 is 0 Å². The molecule has 5 heteroatoms. The Morgan fingerprint density at radius 3 is 2.83 bits per heavy atom. The number of benzene rings is 1. The Hall–Kier alpha value is -1.59. The number of aryl methyl sites for hydroxylation is 2. The normalized spacial score (nSPS) is 13.8. The van der Waals surface area contributed by atoms with Crippen LogP contribution >= 0.6 is 0 Å². The van der Waals surface area contributed by atoms with E-state index in [0.29, 0.717) is 19.8 Å². The third kappa shape index (κ3) is 6.49. The molecule has 0 aromatic heterocycles. The van der Waals surface area contributed by atoms with Crippen LogP contribution in [0.15, 0.2) is 23.2 Å². The lowest BCUT2D eigenvalue weighted by molar-refractivity contribution is 0.0698. The summed E-state index contributed by atoms with van der Waals surface area (Å²) in [5, 5.41) is 6.66. The fraction of sp³-hybridized carbons (Fsp3) is 0.632. The van der Waals surface area contributed by atoms with Gasteiger partial charge in [0, 0.05) is 26.8 Å². The van der Waals surface area contributed by atoms with Gasteiger partial charge in [-0.3, -0.25) is 0 Å². The summed E-state index contributed by atoms with van der Waals surface area (Å²) in [5.41, 5.74) is 4.31. The smallest absolute Gasteiger partial charge is 0.191 e. The average Bonchev–Trinajstić information content (AvgIpc) is 3.06. The fourth-order valence-corrected chi connectivity index (χ4v) is 2.86. The molecule has 0 spiro atoms. The second kappa shape index (κ2) is 11.0. The van der Waals surface area contributed by atoms with Gasteiger partial charge in [0.05, 0.1) is 19.8 Å². The van der Waals surface area contributed by atoms with E-state index in [1.807, 2.05) is 0 Å². The summed E-state index contributed by atoms with van der Waals surface area (Å²) in [6.07, 6.45) is 4.69. The van der Waals surface area contributed by atoms with E-state index in [-0.39, 0.29) is 0 Å². The molecule has 0 fully saturated rings. The molecule has 1 aliphatic rings. The predicted octanol–water partition coefficient (Wildman–Crippen LogP) is 2.28. The molecule has 2 rings (SSSR count). The standard InChI is InChI=1S/C19H31N3O2/c1-3-20-19(21-10-5-11-24-13-12-23-2)22-15-16-8-9-17-6-4-7-18(17)14-16/h8-9,14H,3-7,10-13,15H2,1-2H3,(H2,20,21,22). The second-order valence-electron chi connectivity index (χ2n) is 6.04. The SMILES string of the molecule is CCNC(=NCc1ccc2c(c1)CCC2)NCCCOCCOC. The molecule has 1 aromatic rings. The maximum absolute atomic E-state index is 5.46. The monoisotopic (exact) mass is 333 g/mol. The molecule has 0 atom stereocenters. The van der Waals surface area contributed by atoms with E-state index in [4.69, 9.17) is 14.5 Å². The van der Waals surface area contributed by atoms with Gasteiger partial charge in [0.15, 0.2) is 5.96 Å². The van der Waals surface area contributed by atoms with E-state index in [9.17, 15) is 0 Å². The molecule has 134 valence electrons. The average molecular weight is 333 g/mol. The molecular weight excluding hydrogens is 302 g/mol. The lowest BCUT2D eigenvalue weighted by Gasteiger charge is -2.11. The van der Waals surface area contributed by atoms with Gasteiger partial charge in [0.2, 0.25) is 0 Å². The summed E-state index contributed by atoms with van der Waals surface area (Å²) >= 11 is 0. The summed E-state index contributed by atoms with van der Waals surface area (Å²) in [5.74, 6) is 0.870. The van der Waals surface area contributed by atoms with Gasteiger partial charge in [-0.2, -0.15) is 0 Å². The van der Waals surface area contributed by atoms with Crippen LogP contribution in [0.3, 0.4) is 0 Å². The van der Waals surface area contributed by atoms with Gasteiger partial charge in [-0.05, 0) is 49.3 Å². The molecule has 0 unspecified atom stereocenters. The minimum atomic E-state index is 0.651. The van der Waals surface area contributed by atoms with E-state index >= 15 is 0 Å². The summed E-state index contributed by atoms with van der Waals surface area (Å²) in [7, 11) is 1.69. The Bertz CT molecular complexity index is 517. The van der Waals surface area contributed by atoms with Crippen LogP contribution in [0.4, 0.5) is 0 Å². The quantitative estimate of drug-likeness (QED) is 0.392. The molecule has 0 amide bonds. The Morgan fingerprint density at radius 1 is 1.12 bits per heavy atom. The van der Waals surface area contributed by atoms with Crippen molar-refractivity contribution in [1.29, 1.82) is 0 Å². The van der Waals surface area contributed by atoms with Gasteiger partial charge in [-0.1, -0.05) is 18.2 Å². The van der Waals surface area contributed by atoms with Gasteiger partial charge < -0.3 is 20.1 Å². The number of nitrogens with zero attached hydrogens (tertiary/aromatic N) is 1. The minimum absolute atomic E-state index is 0.651. The molecule has 1 aliphatic carbocycles. The number of methoxy groups -OCH3 is 1. The Labute approximate surface area is 145 Å². The fourth-order valence-electron chi connectivity index (χ4n) is 2.86. The first-order valence-corrected chi connectivity index (χ1v) is 9.03. The molecule has 0 saturated heterocycles. The highest BCUT2D eigenvalue weighted by molar-refractivity contribution is 5.79. The van der Waals surface area contributed by atoms with E-state index in [0.717, 1.165) is 32.1 Å². The van der Waals surface area contributed by atoms with Crippen LogP contribution in [-0.4, -0.2) is 46.0 Å². The minimum Gasteiger partial charge on any atom is -0.382 e.